The second-order valence-electron chi connectivity index (χ2n) is 5.44. The summed E-state index contributed by atoms with van der Waals surface area (Å²) in [7, 11) is 1.83. The average molecular weight is 210 g/mol. The molecular weight excluding hydrogens is 188 g/mol. The molecule has 2 saturated heterocycles. The molecule has 3 heteroatoms. The fraction of sp³-hybridized carbons (Fsp3) is 1.00. The van der Waals surface area contributed by atoms with Gasteiger partial charge in [0.05, 0.1) is 6.10 Å². The summed E-state index contributed by atoms with van der Waals surface area (Å²) in [6.07, 6.45) is 5.76. The molecule has 1 aliphatic carbocycles. The fourth-order valence-corrected chi connectivity index (χ4v) is 3.37. The Bertz CT molecular complexity index is 228. The molecular formula is C12H22N2O. The quantitative estimate of drug-likeness (QED) is 0.747. The molecule has 0 radical (unpaired) electrons. The molecule has 0 spiro atoms. The van der Waals surface area contributed by atoms with Crippen LogP contribution in [-0.2, 0) is 4.74 Å². The minimum absolute atomic E-state index is 0.533. The normalized spacial score (nSPS) is 49.0. The Kier molecular flexibility index (Phi) is 2.71. The van der Waals surface area contributed by atoms with E-state index in [2.05, 4.69) is 10.2 Å². The molecule has 1 N–H and O–H groups in total. The van der Waals surface area contributed by atoms with E-state index in [0.717, 1.165) is 18.0 Å². The van der Waals surface area contributed by atoms with Crippen molar-refractivity contribution < 1.29 is 4.74 Å². The number of nitrogens with one attached hydrogen (secondary N) is 1. The van der Waals surface area contributed by atoms with Gasteiger partial charge in [0.1, 0.15) is 0 Å². The van der Waals surface area contributed by atoms with Crippen molar-refractivity contribution in [2.45, 2.75) is 43.9 Å². The summed E-state index contributed by atoms with van der Waals surface area (Å²) in [5.41, 5.74) is 0. The largest absolute Gasteiger partial charge is 0.381 e. The molecule has 0 aromatic heterocycles. The smallest absolute Gasteiger partial charge is 0.0601 e. The van der Waals surface area contributed by atoms with E-state index >= 15 is 0 Å². The zero-order valence-corrected chi connectivity index (χ0v) is 9.61. The predicted octanol–water partition coefficient (Wildman–Crippen LogP) is 0.848. The van der Waals surface area contributed by atoms with Crippen LogP contribution in [0, 0.1) is 5.92 Å². The lowest BCUT2D eigenvalue weighted by molar-refractivity contribution is 0.0100. The van der Waals surface area contributed by atoms with E-state index in [9.17, 15) is 0 Å². The maximum Gasteiger partial charge on any atom is 0.0601 e. The Morgan fingerprint density at radius 1 is 1.20 bits per heavy atom. The fourth-order valence-electron chi connectivity index (χ4n) is 3.37. The van der Waals surface area contributed by atoms with Crippen LogP contribution in [0.1, 0.15) is 25.7 Å². The number of rotatable bonds is 3. The van der Waals surface area contributed by atoms with E-state index in [1.807, 2.05) is 7.11 Å². The van der Waals surface area contributed by atoms with E-state index < -0.39 is 0 Å². The standard InChI is InChI=1S/C12H22N2O/c1-15-11-6-10(7-11)13-12-3-5-14-4-2-9(12)8-14/h9-13H,2-8H2,1H3. The lowest BCUT2D eigenvalue weighted by atomic mass is 9.86. The second kappa shape index (κ2) is 4.04. The Labute approximate surface area is 92.2 Å². The highest BCUT2D eigenvalue weighted by Crippen LogP contribution is 2.30. The van der Waals surface area contributed by atoms with Crippen LogP contribution in [-0.4, -0.2) is 49.8 Å². The van der Waals surface area contributed by atoms with Crippen LogP contribution in [0.5, 0.6) is 0 Å². The molecule has 86 valence electrons. The molecule has 3 rings (SSSR count). The summed E-state index contributed by atoms with van der Waals surface area (Å²) in [5, 5.41) is 3.84. The molecule has 3 nitrogen and oxygen atoms in total. The average Bonchev–Trinajstić information content (AvgIpc) is 2.57. The molecule has 0 aromatic rings. The van der Waals surface area contributed by atoms with Crippen LogP contribution >= 0.6 is 0 Å². The van der Waals surface area contributed by atoms with E-state index in [1.54, 1.807) is 0 Å². The topological polar surface area (TPSA) is 24.5 Å². The van der Waals surface area contributed by atoms with Gasteiger partial charge >= 0.3 is 0 Å². The second-order valence-corrected chi connectivity index (χ2v) is 5.44. The third kappa shape index (κ3) is 1.93. The van der Waals surface area contributed by atoms with Crippen molar-refractivity contribution in [1.82, 2.24) is 10.2 Å². The Morgan fingerprint density at radius 2 is 2.00 bits per heavy atom. The number of nitrogens with zero attached hydrogens (tertiary/aromatic N) is 1. The van der Waals surface area contributed by atoms with E-state index in [-0.39, 0.29) is 0 Å². The van der Waals surface area contributed by atoms with Gasteiger partial charge < -0.3 is 15.0 Å². The Morgan fingerprint density at radius 3 is 2.80 bits per heavy atom. The van der Waals surface area contributed by atoms with Crippen LogP contribution in [0.2, 0.25) is 0 Å². The van der Waals surface area contributed by atoms with E-state index in [1.165, 1.54) is 45.3 Å². The summed E-state index contributed by atoms with van der Waals surface area (Å²) >= 11 is 0. The van der Waals surface area contributed by atoms with Crippen LogP contribution < -0.4 is 5.32 Å². The minimum atomic E-state index is 0.533. The Balaban J connectivity index is 1.47. The van der Waals surface area contributed by atoms with Gasteiger partial charge in [0.15, 0.2) is 0 Å². The number of methoxy groups -OCH3 is 1. The van der Waals surface area contributed by atoms with Gasteiger partial charge in [0, 0.05) is 25.7 Å². The molecule has 0 amide bonds. The molecule has 15 heavy (non-hydrogen) atoms. The first kappa shape index (κ1) is 10.1. The molecule has 3 atom stereocenters. The number of hydrogen-bond donors (Lipinski definition) is 1. The molecule has 2 bridgehead atoms. The van der Waals surface area contributed by atoms with Gasteiger partial charge in [-0.1, -0.05) is 0 Å². The predicted molar refractivity (Wildman–Crippen MR) is 59.9 cm³/mol. The van der Waals surface area contributed by atoms with Crippen molar-refractivity contribution in [2.24, 2.45) is 5.92 Å². The van der Waals surface area contributed by atoms with Gasteiger partial charge in [-0.05, 0) is 44.7 Å². The third-order valence-corrected chi connectivity index (χ3v) is 4.51. The number of piperidine rings is 1. The Hall–Kier alpha value is -0.120. The van der Waals surface area contributed by atoms with Crippen molar-refractivity contribution >= 4 is 0 Å². The van der Waals surface area contributed by atoms with Crippen LogP contribution in [0.15, 0.2) is 0 Å². The van der Waals surface area contributed by atoms with Crippen LogP contribution in [0.4, 0.5) is 0 Å². The lowest BCUT2D eigenvalue weighted by Gasteiger charge is -2.40. The van der Waals surface area contributed by atoms with Crippen molar-refractivity contribution in [3.05, 3.63) is 0 Å². The molecule has 0 aromatic carbocycles. The SMILES string of the molecule is COC1CC(NC2CCN3CCC2C3)C1. The highest BCUT2D eigenvalue weighted by Gasteiger charge is 2.37. The maximum atomic E-state index is 5.32. The van der Waals surface area contributed by atoms with Gasteiger partial charge in [-0.2, -0.15) is 0 Å². The monoisotopic (exact) mass is 210 g/mol. The first-order valence-corrected chi connectivity index (χ1v) is 6.36. The number of hydrogen-bond acceptors (Lipinski definition) is 3. The third-order valence-electron chi connectivity index (χ3n) is 4.51. The maximum absolute atomic E-state index is 5.32. The number of ether oxygens (including phenoxy) is 1. The molecule has 3 aliphatic rings. The van der Waals surface area contributed by atoms with Gasteiger partial charge in [0.25, 0.3) is 0 Å². The molecule has 3 fully saturated rings. The first-order valence-electron chi connectivity index (χ1n) is 6.36. The van der Waals surface area contributed by atoms with Crippen molar-refractivity contribution in [3.8, 4) is 0 Å². The first-order chi connectivity index (χ1) is 7.35. The van der Waals surface area contributed by atoms with E-state index in [4.69, 9.17) is 4.74 Å². The van der Waals surface area contributed by atoms with Gasteiger partial charge in [-0.15, -0.1) is 0 Å². The lowest BCUT2D eigenvalue weighted by Crippen LogP contribution is -2.53. The minimum Gasteiger partial charge on any atom is -0.381 e. The summed E-state index contributed by atoms with van der Waals surface area (Å²) in [4.78, 5) is 2.61. The van der Waals surface area contributed by atoms with Gasteiger partial charge in [0.2, 0.25) is 0 Å². The molecule has 1 saturated carbocycles. The highest BCUT2D eigenvalue weighted by atomic mass is 16.5. The zero-order valence-electron chi connectivity index (χ0n) is 9.61. The van der Waals surface area contributed by atoms with Crippen molar-refractivity contribution in [3.63, 3.8) is 0 Å². The van der Waals surface area contributed by atoms with Crippen molar-refractivity contribution in [2.75, 3.05) is 26.7 Å². The summed E-state index contributed by atoms with van der Waals surface area (Å²) in [5.74, 6) is 0.931. The molecule has 2 heterocycles. The van der Waals surface area contributed by atoms with E-state index in [0.29, 0.717) is 6.10 Å². The summed E-state index contributed by atoms with van der Waals surface area (Å²) in [6.45, 7) is 4.00. The number of fused-ring (bicyclic) bond motifs is 2. The summed E-state index contributed by atoms with van der Waals surface area (Å²) in [6, 6.07) is 1.54. The highest BCUT2D eigenvalue weighted by molar-refractivity contribution is 4.95. The zero-order chi connectivity index (χ0) is 10.3. The van der Waals surface area contributed by atoms with Gasteiger partial charge in [-0.25, -0.2) is 0 Å². The van der Waals surface area contributed by atoms with Gasteiger partial charge in [-0.3, -0.25) is 0 Å². The summed E-state index contributed by atoms with van der Waals surface area (Å²) < 4.78 is 5.32. The van der Waals surface area contributed by atoms with Crippen LogP contribution in [0.25, 0.3) is 0 Å². The molecule has 3 unspecified atom stereocenters. The van der Waals surface area contributed by atoms with Crippen LogP contribution in [0.3, 0.4) is 0 Å². The molecule has 2 aliphatic heterocycles. The van der Waals surface area contributed by atoms with Crippen molar-refractivity contribution in [1.29, 1.82) is 0 Å².